The second-order valence-electron chi connectivity index (χ2n) is 5.13. The van der Waals surface area contributed by atoms with Gasteiger partial charge in [-0.25, -0.2) is 0 Å². The molecule has 0 amide bonds. The Morgan fingerprint density at radius 1 is 0.833 bits per heavy atom. The molecule has 0 aliphatic carbocycles. The third-order valence-corrected chi connectivity index (χ3v) is 3.37. The van der Waals surface area contributed by atoms with E-state index in [9.17, 15) is 0 Å². The van der Waals surface area contributed by atoms with Crippen molar-refractivity contribution in [3.8, 4) is 0 Å². The van der Waals surface area contributed by atoms with Crippen molar-refractivity contribution >= 4 is 6.08 Å². The molecule has 0 heterocycles. The Hall–Kier alpha value is -1.04. The first kappa shape index (κ1) is 15.0. The maximum absolute atomic E-state index is 2.40. The van der Waals surface area contributed by atoms with Gasteiger partial charge in [0.15, 0.2) is 0 Å². The summed E-state index contributed by atoms with van der Waals surface area (Å²) < 4.78 is 0. The molecule has 0 bridgehead atoms. The highest BCUT2D eigenvalue weighted by Gasteiger charge is 1.98. The SMILES string of the molecule is CCCCCC/C(=C\c1ccccc1)CCCC. The van der Waals surface area contributed by atoms with Gasteiger partial charge in [-0.1, -0.05) is 81.5 Å². The van der Waals surface area contributed by atoms with E-state index in [1.807, 2.05) is 0 Å². The highest BCUT2D eigenvalue weighted by molar-refractivity contribution is 5.52. The summed E-state index contributed by atoms with van der Waals surface area (Å²) in [5.74, 6) is 0. The molecule has 100 valence electrons. The third-order valence-electron chi connectivity index (χ3n) is 3.37. The van der Waals surface area contributed by atoms with Crippen molar-refractivity contribution in [1.82, 2.24) is 0 Å². The minimum absolute atomic E-state index is 1.28. The summed E-state index contributed by atoms with van der Waals surface area (Å²) in [5, 5.41) is 0. The van der Waals surface area contributed by atoms with Crippen LogP contribution in [-0.2, 0) is 0 Å². The van der Waals surface area contributed by atoms with Gasteiger partial charge in [-0.2, -0.15) is 0 Å². The molecule has 0 aliphatic heterocycles. The minimum atomic E-state index is 1.28. The normalized spacial score (nSPS) is 11.8. The van der Waals surface area contributed by atoms with E-state index in [1.165, 1.54) is 56.9 Å². The van der Waals surface area contributed by atoms with Crippen molar-refractivity contribution in [1.29, 1.82) is 0 Å². The first-order chi connectivity index (χ1) is 8.86. The van der Waals surface area contributed by atoms with Gasteiger partial charge in [-0.05, 0) is 31.2 Å². The third kappa shape index (κ3) is 6.64. The Kier molecular flexibility index (Phi) is 8.29. The first-order valence-electron chi connectivity index (χ1n) is 7.61. The van der Waals surface area contributed by atoms with Crippen molar-refractivity contribution in [3.63, 3.8) is 0 Å². The Balaban J connectivity index is 2.51. The van der Waals surface area contributed by atoms with Gasteiger partial charge >= 0.3 is 0 Å². The summed E-state index contributed by atoms with van der Waals surface area (Å²) in [6, 6.07) is 10.8. The van der Waals surface area contributed by atoms with Crippen LogP contribution in [0.3, 0.4) is 0 Å². The topological polar surface area (TPSA) is 0 Å². The van der Waals surface area contributed by atoms with Crippen LogP contribution in [-0.4, -0.2) is 0 Å². The smallest absolute Gasteiger partial charge is 0.0257 e. The molecule has 0 N–H and O–H groups in total. The lowest BCUT2D eigenvalue weighted by atomic mass is 9.99. The van der Waals surface area contributed by atoms with Gasteiger partial charge in [0.1, 0.15) is 0 Å². The van der Waals surface area contributed by atoms with E-state index in [1.54, 1.807) is 5.57 Å². The molecule has 0 aromatic heterocycles. The van der Waals surface area contributed by atoms with Crippen molar-refractivity contribution < 1.29 is 0 Å². The van der Waals surface area contributed by atoms with Gasteiger partial charge in [0.05, 0.1) is 0 Å². The van der Waals surface area contributed by atoms with Crippen molar-refractivity contribution in [2.24, 2.45) is 0 Å². The molecule has 0 nitrogen and oxygen atoms in total. The maximum atomic E-state index is 2.40. The fraction of sp³-hybridized carbons (Fsp3) is 0.556. The standard InChI is InChI=1S/C18H28/c1-3-5-7-9-13-17(12-6-4-2)16-18-14-10-8-11-15-18/h8,10-11,14-16H,3-7,9,12-13H2,1-2H3/b17-16-. The molecule has 0 radical (unpaired) electrons. The number of hydrogen-bond acceptors (Lipinski definition) is 0. The zero-order valence-corrected chi connectivity index (χ0v) is 12.1. The molecule has 0 saturated heterocycles. The number of hydrogen-bond donors (Lipinski definition) is 0. The van der Waals surface area contributed by atoms with Crippen LogP contribution in [0.1, 0.15) is 70.8 Å². The zero-order chi connectivity index (χ0) is 13.1. The molecule has 1 rings (SSSR count). The Labute approximate surface area is 113 Å². The monoisotopic (exact) mass is 244 g/mol. The maximum Gasteiger partial charge on any atom is -0.0257 e. The van der Waals surface area contributed by atoms with E-state index in [0.29, 0.717) is 0 Å². The van der Waals surface area contributed by atoms with Crippen LogP contribution in [0.15, 0.2) is 35.9 Å². The van der Waals surface area contributed by atoms with Gasteiger partial charge in [-0.3, -0.25) is 0 Å². The lowest BCUT2D eigenvalue weighted by molar-refractivity contribution is 0.647. The molecule has 0 unspecified atom stereocenters. The zero-order valence-electron chi connectivity index (χ0n) is 12.1. The number of benzene rings is 1. The van der Waals surface area contributed by atoms with Gasteiger partial charge in [-0.15, -0.1) is 0 Å². The van der Waals surface area contributed by atoms with Crippen LogP contribution in [0.4, 0.5) is 0 Å². The van der Waals surface area contributed by atoms with Gasteiger partial charge < -0.3 is 0 Å². The lowest BCUT2D eigenvalue weighted by Gasteiger charge is -2.07. The molecule has 0 atom stereocenters. The number of unbranched alkanes of at least 4 members (excludes halogenated alkanes) is 4. The predicted molar refractivity (Wildman–Crippen MR) is 82.7 cm³/mol. The lowest BCUT2D eigenvalue weighted by Crippen LogP contribution is -1.87. The van der Waals surface area contributed by atoms with Crippen LogP contribution in [0.25, 0.3) is 6.08 Å². The fourth-order valence-electron chi connectivity index (χ4n) is 2.24. The second kappa shape index (κ2) is 9.94. The Bertz CT molecular complexity index is 321. The molecule has 18 heavy (non-hydrogen) atoms. The molecule has 0 aliphatic rings. The molecule has 1 aromatic rings. The van der Waals surface area contributed by atoms with Crippen molar-refractivity contribution in [3.05, 3.63) is 41.5 Å². The highest BCUT2D eigenvalue weighted by Crippen LogP contribution is 2.19. The largest absolute Gasteiger partial charge is 0.0696 e. The van der Waals surface area contributed by atoms with Crippen LogP contribution in [0.5, 0.6) is 0 Å². The average Bonchev–Trinajstić information content (AvgIpc) is 2.41. The summed E-state index contributed by atoms with van der Waals surface area (Å²) in [5.41, 5.74) is 3.00. The highest BCUT2D eigenvalue weighted by atomic mass is 14.0. The van der Waals surface area contributed by atoms with Crippen molar-refractivity contribution in [2.75, 3.05) is 0 Å². The predicted octanol–water partition coefficient (Wildman–Crippen LogP) is 6.23. The second-order valence-corrected chi connectivity index (χ2v) is 5.13. The first-order valence-corrected chi connectivity index (χ1v) is 7.61. The molecule has 0 saturated carbocycles. The van der Waals surface area contributed by atoms with Crippen molar-refractivity contribution in [2.45, 2.75) is 65.2 Å². The molecule has 0 spiro atoms. The molecular formula is C18H28. The number of rotatable bonds is 9. The summed E-state index contributed by atoms with van der Waals surface area (Å²) in [6.45, 7) is 4.55. The quantitative estimate of drug-likeness (QED) is 0.452. The molecular weight excluding hydrogens is 216 g/mol. The Morgan fingerprint density at radius 3 is 2.17 bits per heavy atom. The van der Waals surface area contributed by atoms with E-state index in [4.69, 9.17) is 0 Å². The van der Waals surface area contributed by atoms with E-state index in [-0.39, 0.29) is 0 Å². The summed E-state index contributed by atoms with van der Waals surface area (Å²) in [4.78, 5) is 0. The van der Waals surface area contributed by atoms with Gasteiger partial charge in [0.25, 0.3) is 0 Å². The summed E-state index contributed by atoms with van der Waals surface area (Å²) in [7, 11) is 0. The van der Waals surface area contributed by atoms with Crippen LogP contribution < -0.4 is 0 Å². The van der Waals surface area contributed by atoms with Crippen LogP contribution in [0, 0.1) is 0 Å². The van der Waals surface area contributed by atoms with Crippen LogP contribution in [0.2, 0.25) is 0 Å². The van der Waals surface area contributed by atoms with Crippen LogP contribution >= 0.6 is 0 Å². The Morgan fingerprint density at radius 2 is 1.50 bits per heavy atom. The molecule has 1 aromatic carbocycles. The van der Waals surface area contributed by atoms with E-state index < -0.39 is 0 Å². The number of allylic oxidation sites excluding steroid dienone is 1. The van der Waals surface area contributed by atoms with Gasteiger partial charge in [0.2, 0.25) is 0 Å². The van der Waals surface area contributed by atoms with E-state index in [0.717, 1.165) is 0 Å². The molecule has 0 fully saturated rings. The van der Waals surface area contributed by atoms with E-state index >= 15 is 0 Å². The fourth-order valence-corrected chi connectivity index (χ4v) is 2.24. The molecule has 0 heteroatoms. The van der Waals surface area contributed by atoms with E-state index in [2.05, 4.69) is 50.3 Å². The van der Waals surface area contributed by atoms with Gasteiger partial charge in [0, 0.05) is 0 Å². The summed E-state index contributed by atoms with van der Waals surface area (Å²) >= 11 is 0. The average molecular weight is 244 g/mol. The summed E-state index contributed by atoms with van der Waals surface area (Å²) in [6.07, 6.45) is 13.0. The minimum Gasteiger partial charge on any atom is -0.0696 e.